The van der Waals surface area contributed by atoms with E-state index in [1.54, 1.807) is 24.3 Å². The standard InChI is InChI=1S/C24H23N5O5S/c1-4-9-28-14-17-12-25-29(18(17)15-28)13-16-10-20(33-3)23-21(11-16)34-26-24(23)27-35(30,31)22-8-6-5-7-19(22)32-2/h5-8,10-12H,13-15H2,1-3H3,(H,26,27). The molecule has 4 aromatic rings. The van der Waals surface area contributed by atoms with Gasteiger partial charge >= 0.3 is 0 Å². The SMILES string of the molecule is CC#CN1Cc2cnn(Cc3cc(OC)c4c(NS(=O)(=O)c5ccccc5OC)noc4c3)c2C1. The van der Waals surface area contributed by atoms with E-state index in [1.165, 1.54) is 20.3 Å². The maximum atomic E-state index is 13.0. The molecule has 0 atom stereocenters. The number of para-hydroxylation sites is 1. The van der Waals surface area contributed by atoms with Crippen molar-refractivity contribution in [3.05, 3.63) is 59.4 Å². The number of ether oxygens (including phenoxy) is 2. The lowest BCUT2D eigenvalue weighted by Crippen LogP contribution is -2.14. The summed E-state index contributed by atoms with van der Waals surface area (Å²) in [6.07, 6.45) is 1.86. The molecule has 1 N–H and O–H groups in total. The molecule has 0 spiro atoms. The zero-order valence-electron chi connectivity index (χ0n) is 19.4. The molecular formula is C24H23N5O5S. The summed E-state index contributed by atoms with van der Waals surface area (Å²) >= 11 is 0. The van der Waals surface area contributed by atoms with Crippen LogP contribution in [0, 0.1) is 12.0 Å². The van der Waals surface area contributed by atoms with Crippen LogP contribution in [-0.4, -0.2) is 42.5 Å². The zero-order valence-corrected chi connectivity index (χ0v) is 20.2. The minimum atomic E-state index is -3.99. The largest absolute Gasteiger partial charge is 0.496 e. The number of fused-ring (bicyclic) bond motifs is 2. The van der Waals surface area contributed by atoms with Gasteiger partial charge in [0.1, 0.15) is 21.8 Å². The molecule has 180 valence electrons. The van der Waals surface area contributed by atoms with Crippen LogP contribution in [0.3, 0.4) is 0 Å². The highest BCUT2D eigenvalue weighted by Crippen LogP contribution is 2.36. The van der Waals surface area contributed by atoms with Crippen LogP contribution in [0.1, 0.15) is 23.7 Å². The molecule has 0 fully saturated rings. The summed E-state index contributed by atoms with van der Waals surface area (Å²) in [7, 11) is -1.07. The first-order valence-corrected chi connectivity index (χ1v) is 12.2. The van der Waals surface area contributed by atoms with Gasteiger partial charge in [0.2, 0.25) is 0 Å². The van der Waals surface area contributed by atoms with Gasteiger partial charge in [0.15, 0.2) is 11.4 Å². The van der Waals surface area contributed by atoms with Gasteiger partial charge in [-0.05, 0) is 36.8 Å². The van der Waals surface area contributed by atoms with Crippen molar-refractivity contribution in [1.82, 2.24) is 19.8 Å². The Morgan fingerprint density at radius 3 is 2.71 bits per heavy atom. The van der Waals surface area contributed by atoms with Crippen molar-refractivity contribution in [1.29, 1.82) is 0 Å². The molecule has 2 aromatic heterocycles. The van der Waals surface area contributed by atoms with E-state index in [4.69, 9.17) is 14.0 Å². The minimum Gasteiger partial charge on any atom is -0.496 e. The molecule has 10 nitrogen and oxygen atoms in total. The summed E-state index contributed by atoms with van der Waals surface area (Å²) in [5.74, 6) is 3.61. The average Bonchev–Trinajstić information content (AvgIpc) is 3.54. The Balaban J connectivity index is 1.46. The number of rotatable bonds is 7. The maximum Gasteiger partial charge on any atom is 0.266 e. The molecule has 35 heavy (non-hydrogen) atoms. The van der Waals surface area contributed by atoms with Crippen molar-refractivity contribution < 1.29 is 22.4 Å². The topological polar surface area (TPSA) is 112 Å². The highest BCUT2D eigenvalue weighted by molar-refractivity contribution is 7.92. The molecule has 2 aromatic carbocycles. The molecule has 1 aliphatic heterocycles. The molecule has 0 bridgehead atoms. The first-order valence-electron chi connectivity index (χ1n) is 10.8. The van der Waals surface area contributed by atoms with Crippen LogP contribution in [0.4, 0.5) is 5.82 Å². The fourth-order valence-corrected chi connectivity index (χ4v) is 5.37. The van der Waals surface area contributed by atoms with E-state index in [-0.39, 0.29) is 16.5 Å². The lowest BCUT2D eigenvalue weighted by atomic mass is 10.1. The quantitative estimate of drug-likeness (QED) is 0.391. The van der Waals surface area contributed by atoms with Gasteiger partial charge in [-0.3, -0.25) is 9.40 Å². The lowest BCUT2D eigenvalue weighted by Gasteiger charge is -2.12. The highest BCUT2D eigenvalue weighted by atomic mass is 32.2. The van der Waals surface area contributed by atoms with E-state index in [0.717, 1.165) is 23.4 Å². The third kappa shape index (κ3) is 4.13. The first kappa shape index (κ1) is 22.6. The second kappa shape index (κ2) is 8.88. The molecule has 1 aliphatic rings. The number of aromatic nitrogens is 3. The van der Waals surface area contributed by atoms with Crippen LogP contribution in [0.25, 0.3) is 11.0 Å². The molecule has 0 radical (unpaired) electrons. The van der Waals surface area contributed by atoms with Crippen LogP contribution in [0.2, 0.25) is 0 Å². The number of hydrogen-bond donors (Lipinski definition) is 1. The molecule has 0 unspecified atom stereocenters. The predicted octanol–water partition coefficient (Wildman–Crippen LogP) is 3.19. The summed E-state index contributed by atoms with van der Waals surface area (Å²) in [5.41, 5.74) is 3.51. The second-order valence-corrected chi connectivity index (χ2v) is 9.60. The van der Waals surface area contributed by atoms with Gasteiger partial charge in [-0.25, -0.2) is 8.42 Å². The lowest BCUT2D eigenvalue weighted by molar-refractivity contribution is 0.403. The van der Waals surface area contributed by atoms with Crippen LogP contribution >= 0.6 is 0 Å². The summed E-state index contributed by atoms with van der Waals surface area (Å²) in [4.78, 5) is 2.03. The number of anilines is 1. The number of hydrogen-bond acceptors (Lipinski definition) is 8. The van der Waals surface area contributed by atoms with E-state index in [2.05, 4.69) is 26.9 Å². The Morgan fingerprint density at radius 1 is 1.14 bits per heavy atom. The smallest absolute Gasteiger partial charge is 0.266 e. The van der Waals surface area contributed by atoms with Gasteiger partial charge in [-0.2, -0.15) is 5.10 Å². The van der Waals surface area contributed by atoms with E-state index < -0.39 is 10.0 Å². The van der Waals surface area contributed by atoms with E-state index >= 15 is 0 Å². The van der Waals surface area contributed by atoms with Gasteiger partial charge in [0, 0.05) is 11.6 Å². The Bertz CT molecular complexity index is 1580. The Hall–Kier alpha value is -4.17. The van der Waals surface area contributed by atoms with E-state index in [1.807, 2.05) is 28.8 Å². The van der Waals surface area contributed by atoms with Gasteiger partial charge in [-0.1, -0.05) is 23.2 Å². The number of benzene rings is 2. The van der Waals surface area contributed by atoms with Crippen molar-refractivity contribution in [2.75, 3.05) is 18.9 Å². The van der Waals surface area contributed by atoms with Crippen LogP contribution in [-0.2, 0) is 29.7 Å². The zero-order chi connectivity index (χ0) is 24.6. The molecule has 3 heterocycles. The first-order chi connectivity index (χ1) is 16.9. The van der Waals surface area contributed by atoms with Crippen LogP contribution < -0.4 is 14.2 Å². The van der Waals surface area contributed by atoms with Crippen molar-refractivity contribution >= 4 is 26.8 Å². The van der Waals surface area contributed by atoms with Crippen LogP contribution in [0.15, 0.2) is 52.0 Å². The molecule has 0 saturated carbocycles. The van der Waals surface area contributed by atoms with Crippen LogP contribution in [0.5, 0.6) is 11.5 Å². The van der Waals surface area contributed by atoms with Gasteiger partial charge in [0.05, 0.1) is 45.7 Å². The summed E-state index contributed by atoms with van der Waals surface area (Å²) < 4.78 is 46.8. The van der Waals surface area contributed by atoms with E-state index in [0.29, 0.717) is 29.8 Å². The number of methoxy groups -OCH3 is 2. The third-order valence-electron chi connectivity index (χ3n) is 5.75. The van der Waals surface area contributed by atoms with Gasteiger partial charge in [-0.15, -0.1) is 0 Å². The fraction of sp³-hybridized carbons (Fsp3) is 0.250. The van der Waals surface area contributed by atoms with Gasteiger partial charge in [0.25, 0.3) is 10.0 Å². The summed E-state index contributed by atoms with van der Waals surface area (Å²) in [6.45, 7) is 3.75. The molecule has 0 amide bonds. The maximum absolute atomic E-state index is 13.0. The minimum absolute atomic E-state index is 0.0106. The predicted molar refractivity (Wildman–Crippen MR) is 128 cm³/mol. The number of sulfonamides is 1. The molecule has 0 saturated heterocycles. The second-order valence-electron chi connectivity index (χ2n) is 7.95. The highest BCUT2D eigenvalue weighted by Gasteiger charge is 2.25. The normalized spacial score (nSPS) is 12.8. The van der Waals surface area contributed by atoms with Crippen molar-refractivity contribution in [2.45, 2.75) is 31.5 Å². The molecular weight excluding hydrogens is 470 g/mol. The Morgan fingerprint density at radius 2 is 1.94 bits per heavy atom. The van der Waals surface area contributed by atoms with Gasteiger partial charge < -0.3 is 18.9 Å². The van der Waals surface area contributed by atoms with Crippen molar-refractivity contribution in [3.8, 4) is 23.5 Å². The molecule has 11 heteroatoms. The Labute approximate surface area is 202 Å². The third-order valence-corrected chi connectivity index (χ3v) is 7.13. The summed E-state index contributed by atoms with van der Waals surface area (Å²) in [5, 5.41) is 8.91. The molecule has 5 rings (SSSR count). The monoisotopic (exact) mass is 493 g/mol. The average molecular weight is 494 g/mol. The van der Waals surface area contributed by atoms with Crippen molar-refractivity contribution in [2.24, 2.45) is 0 Å². The number of nitrogens with zero attached hydrogens (tertiary/aromatic N) is 4. The summed E-state index contributed by atoms with van der Waals surface area (Å²) in [6, 6.07) is 13.0. The fourth-order valence-electron chi connectivity index (χ4n) is 4.19. The van der Waals surface area contributed by atoms with Crippen molar-refractivity contribution in [3.63, 3.8) is 0 Å². The van der Waals surface area contributed by atoms with E-state index in [9.17, 15) is 8.42 Å². The number of nitrogens with one attached hydrogen (secondary N) is 1. The Kier molecular flexibility index (Phi) is 5.74. The molecule has 0 aliphatic carbocycles.